The molecule has 3 nitrogen and oxygen atoms in total. The predicted molar refractivity (Wildman–Crippen MR) is 80.9 cm³/mol. The van der Waals surface area contributed by atoms with Crippen LogP contribution in [0, 0.1) is 6.92 Å². The number of benzene rings is 1. The van der Waals surface area contributed by atoms with Crippen molar-refractivity contribution in [1.29, 1.82) is 0 Å². The van der Waals surface area contributed by atoms with E-state index in [0.717, 1.165) is 37.5 Å². The molecule has 18 heavy (non-hydrogen) atoms. The summed E-state index contributed by atoms with van der Waals surface area (Å²) in [5.41, 5.74) is 10.1. The van der Waals surface area contributed by atoms with Crippen LogP contribution in [-0.2, 0) is 7.05 Å². The third kappa shape index (κ3) is 1.66. The van der Waals surface area contributed by atoms with Gasteiger partial charge < -0.3 is 10.3 Å². The van der Waals surface area contributed by atoms with Gasteiger partial charge in [0.15, 0.2) is 5.82 Å². The first-order chi connectivity index (χ1) is 8.58. The van der Waals surface area contributed by atoms with E-state index in [0.29, 0.717) is 0 Å². The highest BCUT2D eigenvalue weighted by Crippen LogP contribution is 2.35. The minimum Gasteiger partial charge on any atom is -0.397 e. The molecule has 2 aromatic heterocycles. The zero-order valence-corrected chi connectivity index (χ0v) is 12.5. The molecule has 0 aliphatic rings. The van der Waals surface area contributed by atoms with Crippen LogP contribution >= 0.6 is 27.3 Å². The maximum atomic E-state index is 6.10. The zero-order valence-electron chi connectivity index (χ0n) is 10.1. The normalized spacial score (nSPS) is 11.3. The predicted octanol–water partition coefficient (Wildman–Crippen LogP) is 3.95. The van der Waals surface area contributed by atoms with Crippen molar-refractivity contribution in [2.24, 2.45) is 7.05 Å². The van der Waals surface area contributed by atoms with Crippen molar-refractivity contribution >= 4 is 44.0 Å². The Kier molecular flexibility index (Phi) is 2.68. The molecule has 92 valence electrons. The number of halogens is 1. The number of aromatic nitrogens is 2. The molecule has 5 heteroatoms. The van der Waals surface area contributed by atoms with E-state index in [1.54, 1.807) is 11.3 Å². The fourth-order valence-electron chi connectivity index (χ4n) is 2.00. The minimum atomic E-state index is 0.831. The molecule has 0 unspecified atom stereocenters. The van der Waals surface area contributed by atoms with E-state index < -0.39 is 0 Å². The van der Waals surface area contributed by atoms with E-state index in [9.17, 15) is 0 Å². The topological polar surface area (TPSA) is 43.8 Å². The number of fused-ring (bicyclic) bond motifs is 1. The van der Waals surface area contributed by atoms with Crippen LogP contribution in [0.1, 0.15) is 5.56 Å². The Bertz CT molecular complexity index is 742. The van der Waals surface area contributed by atoms with Gasteiger partial charge in [0.05, 0.1) is 21.6 Å². The average Bonchev–Trinajstić information content (AvgIpc) is 2.82. The number of nitrogens with zero attached hydrogens (tertiary/aromatic N) is 2. The quantitative estimate of drug-likeness (QED) is 0.737. The number of aryl methyl sites for hydroxylation is 2. The number of rotatable bonds is 1. The first-order valence-corrected chi connectivity index (χ1v) is 7.21. The second-order valence-corrected chi connectivity index (χ2v) is 6.08. The van der Waals surface area contributed by atoms with Crippen molar-refractivity contribution in [3.05, 3.63) is 33.6 Å². The van der Waals surface area contributed by atoms with Gasteiger partial charge in [-0.2, -0.15) is 0 Å². The SMILES string of the molecule is Cc1csc(-c2nc3cc(Br)ccc3n2C)c1N. The molecule has 1 aromatic carbocycles. The van der Waals surface area contributed by atoms with Gasteiger partial charge >= 0.3 is 0 Å². The summed E-state index contributed by atoms with van der Waals surface area (Å²) in [6, 6.07) is 6.11. The molecule has 0 saturated carbocycles. The first kappa shape index (κ1) is 11.7. The second-order valence-electron chi connectivity index (χ2n) is 4.29. The lowest BCUT2D eigenvalue weighted by atomic mass is 10.3. The number of anilines is 1. The Morgan fingerprint density at radius 1 is 1.39 bits per heavy atom. The van der Waals surface area contributed by atoms with Crippen molar-refractivity contribution in [3.63, 3.8) is 0 Å². The molecule has 0 atom stereocenters. The van der Waals surface area contributed by atoms with Gasteiger partial charge in [-0.15, -0.1) is 11.3 Å². The van der Waals surface area contributed by atoms with Crippen LogP contribution in [0.5, 0.6) is 0 Å². The lowest BCUT2D eigenvalue weighted by Crippen LogP contribution is -1.94. The first-order valence-electron chi connectivity index (χ1n) is 5.54. The molecule has 0 fully saturated rings. The van der Waals surface area contributed by atoms with Gasteiger partial charge in [0.1, 0.15) is 0 Å². The molecule has 0 bridgehead atoms. The van der Waals surface area contributed by atoms with E-state index in [4.69, 9.17) is 5.73 Å². The Labute approximate surface area is 117 Å². The number of hydrogen-bond acceptors (Lipinski definition) is 3. The summed E-state index contributed by atoms with van der Waals surface area (Å²) in [6.45, 7) is 2.02. The third-order valence-corrected chi connectivity index (χ3v) is 4.67. The van der Waals surface area contributed by atoms with E-state index in [-0.39, 0.29) is 0 Å². The number of nitrogens with two attached hydrogens (primary N) is 1. The molecular weight excluding hydrogens is 310 g/mol. The summed E-state index contributed by atoms with van der Waals surface area (Å²) in [6.07, 6.45) is 0. The molecule has 0 aliphatic carbocycles. The van der Waals surface area contributed by atoms with E-state index >= 15 is 0 Å². The van der Waals surface area contributed by atoms with Crippen LogP contribution in [-0.4, -0.2) is 9.55 Å². The molecule has 0 spiro atoms. The zero-order chi connectivity index (χ0) is 12.9. The number of imidazole rings is 1. The Hall–Kier alpha value is -1.33. The lowest BCUT2D eigenvalue weighted by molar-refractivity contribution is 0.963. The van der Waals surface area contributed by atoms with Gasteiger partial charge in [-0.1, -0.05) is 15.9 Å². The summed E-state index contributed by atoms with van der Waals surface area (Å²) >= 11 is 5.11. The maximum Gasteiger partial charge on any atom is 0.153 e. The Morgan fingerprint density at radius 2 is 2.17 bits per heavy atom. The molecule has 2 heterocycles. The molecule has 3 rings (SSSR count). The molecule has 0 amide bonds. The molecular formula is C13H12BrN3S. The number of nitrogen functional groups attached to an aromatic ring is 1. The van der Waals surface area contributed by atoms with Gasteiger partial charge in [-0.05, 0) is 36.1 Å². The van der Waals surface area contributed by atoms with Crippen molar-refractivity contribution in [2.45, 2.75) is 6.92 Å². The van der Waals surface area contributed by atoms with E-state index in [1.165, 1.54) is 0 Å². The van der Waals surface area contributed by atoms with Gasteiger partial charge in [0, 0.05) is 11.5 Å². The average molecular weight is 322 g/mol. The van der Waals surface area contributed by atoms with Gasteiger partial charge in [-0.25, -0.2) is 4.98 Å². The van der Waals surface area contributed by atoms with Crippen LogP contribution in [0.25, 0.3) is 21.7 Å². The van der Waals surface area contributed by atoms with Crippen LogP contribution in [0.2, 0.25) is 0 Å². The smallest absolute Gasteiger partial charge is 0.153 e. The minimum absolute atomic E-state index is 0.831. The van der Waals surface area contributed by atoms with Gasteiger partial charge in [0.25, 0.3) is 0 Å². The summed E-state index contributed by atoms with van der Waals surface area (Å²) in [5, 5.41) is 2.07. The molecule has 0 radical (unpaired) electrons. The van der Waals surface area contributed by atoms with Crippen LogP contribution < -0.4 is 5.73 Å². The van der Waals surface area contributed by atoms with Gasteiger partial charge in [0.2, 0.25) is 0 Å². The number of hydrogen-bond donors (Lipinski definition) is 1. The lowest BCUT2D eigenvalue weighted by Gasteiger charge is -2.01. The third-order valence-electron chi connectivity index (χ3n) is 3.07. The number of thiophene rings is 1. The highest BCUT2D eigenvalue weighted by Gasteiger charge is 2.15. The molecule has 0 saturated heterocycles. The van der Waals surface area contributed by atoms with Crippen molar-refractivity contribution in [1.82, 2.24) is 9.55 Å². The fraction of sp³-hybridized carbons (Fsp3) is 0.154. The van der Waals surface area contributed by atoms with Crippen LogP contribution in [0.15, 0.2) is 28.1 Å². The highest BCUT2D eigenvalue weighted by atomic mass is 79.9. The Morgan fingerprint density at radius 3 is 2.83 bits per heavy atom. The molecule has 0 aliphatic heterocycles. The highest BCUT2D eigenvalue weighted by molar-refractivity contribution is 9.10. The fourth-order valence-corrected chi connectivity index (χ4v) is 3.35. The monoisotopic (exact) mass is 321 g/mol. The van der Waals surface area contributed by atoms with E-state index in [2.05, 4.69) is 36.9 Å². The summed E-state index contributed by atoms with van der Waals surface area (Å²) in [7, 11) is 2.02. The standard InChI is InChI=1S/C13H12BrN3S/c1-7-6-18-12(11(7)15)13-16-9-5-8(14)3-4-10(9)17(13)2/h3-6H,15H2,1-2H3. The van der Waals surface area contributed by atoms with Crippen molar-refractivity contribution < 1.29 is 0 Å². The summed E-state index contributed by atoms with van der Waals surface area (Å²) in [5.74, 6) is 0.929. The Balaban J connectivity index is 2.30. The largest absolute Gasteiger partial charge is 0.397 e. The summed E-state index contributed by atoms with van der Waals surface area (Å²) in [4.78, 5) is 5.72. The van der Waals surface area contributed by atoms with Crippen LogP contribution in [0.3, 0.4) is 0 Å². The van der Waals surface area contributed by atoms with Gasteiger partial charge in [-0.3, -0.25) is 0 Å². The van der Waals surface area contributed by atoms with Crippen LogP contribution in [0.4, 0.5) is 5.69 Å². The molecule has 2 N–H and O–H groups in total. The van der Waals surface area contributed by atoms with Crippen molar-refractivity contribution in [3.8, 4) is 10.7 Å². The molecule has 3 aromatic rings. The van der Waals surface area contributed by atoms with E-state index in [1.807, 2.05) is 26.1 Å². The second kappa shape index (κ2) is 4.10. The maximum absolute atomic E-state index is 6.10. The summed E-state index contributed by atoms with van der Waals surface area (Å²) < 4.78 is 3.12. The van der Waals surface area contributed by atoms with Crippen molar-refractivity contribution in [2.75, 3.05) is 5.73 Å².